The van der Waals surface area contributed by atoms with Crippen molar-refractivity contribution in [3.63, 3.8) is 0 Å². The zero-order chi connectivity index (χ0) is 18.7. The third-order valence-electron chi connectivity index (χ3n) is 4.98. The molecule has 2 atom stereocenters. The maximum Gasteiger partial charge on any atom is 0.255 e. The second kappa shape index (κ2) is 7.86. The van der Waals surface area contributed by atoms with E-state index >= 15 is 0 Å². The van der Waals surface area contributed by atoms with Gasteiger partial charge in [-0.2, -0.15) is 5.10 Å². The van der Waals surface area contributed by atoms with Gasteiger partial charge in [-0.25, -0.2) is 4.98 Å². The predicted octanol–water partition coefficient (Wildman–Crippen LogP) is 1.40. The SMILES string of the molecule is CCn1ncc(C(=O)N[C@@H]2CN(c3ccccn3)C[C@H]2CN(C)C)c1C. The molecule has 3 heterocycles. The second-order valence-electron chi connectivity index (χ2n) is 7.15. The molecule has 26 heavy (non-hydrogen) atoms. The van der Waals surface area contributed by atoms with Gasteiger partial charge in [-0.15, -0.1) is 0 Å². The maximum atomic E-state index is 12.8. The summed E-state index contributed by atoms with van der Waals surface area (Å²) in [6.07, 6.45) is 3.48. The normalized spacial score (nSPS) is 20.0. The molecule has 0 bridgehead atoms. The highest BCUT2D eigenvalue weighted by Crippen LogP contribution is 2.23. The van der Waals surface area contributed by atoms with Crippen molar-refractivity contribution in [2.45, 2.75) is 26.4 Å². The Balaban J connectivity index is 1.75. The highest BCUT2D eigenvalue weighted by atomic mass is 16.1. The Labute approximate surface area is 155 Å². The molecule has 0 unspecified atom stereocenters. The van der Waals surface area contributed by atoms with Crippen LogP contribution in [0.5, 0.6) is 0 Å². The standard InChI is InChI=1S/C19H28N6O/c1-5-25-14(2)16(10-21-25)19(26)22-17-13-24(12-15(17)11-23(3)4)18-8-6-7-9-20-18/h6-10,15,17H,5,11-13H2,1-4H3,(H,22,26)/t15-,17-/m1/s1. The minimum atomic E-state index is -0.0428. The summed E-state index contributed by atoms with van der Waals surface area (Å²) in [5.74, 6) is 1.26. The molecule has 2 aromatic heterocycles. The van der Waals surface area contributed by atoms with Crippen molar-refractivity contribution in [1.29, 1.82) is 0 Å². The molecule has 7 nitrogen and oxygen atoms in total. The molecule has 1 saturated heterocycles. The second-order valence-corrected chi connectivity index (χ2v) is 7.15. The Hall–Kier alpha value is -2.41. The molecule has 3 rings (SSSR count). The van der Waals surface area contributed by atoms with Crippen LogP contribution >= 0.6 is 0 Å². The summed E-state index contributed by atoms with van der Waals surface area (Å²) in [7, 11) is 4.13. The molecular formula is C19H28N6O. The lowest BCUT2D eigenvalue weighted by atomic mass is 10.0. The number of nitrogens with zero attached hydrogens (tertiary/aromatic N) is 5. The average Bonchev–Trinajstić information content (AvgIpc) is 3.18. The lowest BCUT2D eigenvalue weighted by Gasteiger charge is -2.22. The number of nitrogens with one attached hydrogen (secondary N) is 1. The Bertz CT molecular complexity index is 742. The molecule has 140 valence electrons. The van der Waals surface area contributed by atoms with Crippen LogP contribution in [-0.4, -0.2) is 65.3 Å². The van der Waals surface area contributed by atoms with Gasteiger partial charge in [0.25, 0.3) is 5.91 Å². The first-order valence-electron chi connectivity index (χ1n) is 9.13. The fourth-order valence-electron chi connectivity index (χ4n) is 3.65. The van der Waals surface area contributed by atoms with E-state index in [0.29, 0.717) is 11.5 Å². The summed E-state index contributed by atoms with van der Waals surface area (Å²) < 4.78 is 1.85. The molecule has 1 aliphatic rings. The Kier molecular flexibility index (Phi) is 5.56. The summed E-state index contributed by atoms with van der Waals surface area (Å²) in [5, 5.41) is 7.53. The maximum absolute atomic E-state index is 12.8. The van der Waals surface area contributed by atoms with Gasteiger partial charge in [-0.3, -0.25) is 9.48 Å². The Morgan fingerprint density at radius 2 is 2.15 bits per heavy atom. The third-order valence-corrected chi connectivity index (χ3v) is 4.98. The van der Waals surface area contributed by atoms with Gasteiger partial charge in [0.05, 0.1) is 17.8 Å². The van der Waals surface area contributed by atoms with Crippen LogP contribution < -0.4 is 10.2 Å². The van der Waals surface area contributed by atoms with Gasteiger partial charge in [-0.1, -0.05) is 6.07 Å². The van der Waals surface area contributed by atoms with Crippen LogP contribution in [0, 0.1) is 12.8 Å². The van der Waals surface area contributed by atoms with Gasteiger partial charge in [0, 0.05) is 44.0 Å². The van der Waals surface area contributed by atoms with Crippen molar-refractivity contribution in [1.82, 2.24) is 25.0 Å². The molecule has 0 aromatic carbocycles. The number of aryl methyl sites for hydroxylation is 1. The first kappa shape index (κ1) is 18.4. The molecule has 0 saturated carbocycles. The van der Waals surface area contributed by atoms with Gasteiger partial charge in [-0.05, 0) is 40.1 Å². The number of amides is 1. The fraction of sp³-hybridized carbons (Fsp3) is 0.526. The number of aromatic nitrogens is 3. The number of pyridine rings is 1. The molecule has 1 fully saturated rings. The van der Waals surface area contributed by atoms with E-state index in [1.54, 1.807) is 6.20 Å². The van der Waals surface area contributed by atoms with E-state index < -0.39 is 0 Å². The van der Waals surface area contributed by atoms with Gasteiger partial charge < -0.3 is 15.1 Å². The smallest absolute Gasteiger partial charge is 0.255 e. The number of carbonyl (C=O) groups excluding carboxylic acids is 1. The highest BCUT2D eigenvalue weighted by molar-refractivity contribution is 5.95. The lowest BCUT2D eigenvalue weighted by Crippen LogP contribution is -2.43. The summed E-state index contributed by atoms with van der Waals surface area (Å²) >= 11 is 0. The number of anilines is 1. The van der Waals surface area contributed by atoms with Crippen molar-refractivity contribution < 1.29 is 4.79 Å². The molecule has 2 aromatic rings. The minimum absolute atomic E-state index is 0.0428. The monoisotopic (exact) mass is 356 g/mol. The van der Waals surface area contributed by atoms with E-state index in [1.165, 1.54) is 0 Å². The van der Waals surface area contributed by atoms with E-state index in [9.17, 15) is 4.79 Å². The van der Waals surface area contributed by atoms with Crippen LogP contribution in [0.2, 0.25) is 0 Å². The summed E-state index contributed by atoms with van der Waals surface area (Å²) in [5.41, 5.74) is 1.57. The lowest BCUT2D eigenvalue weighted by molar-refractivity contribution is 0.0927. The first-order valence-corrected chi connectivity index (χ1v) is 9.13. The van der Waals surface area contributed by atoms with Crippen LogP contribution in [0.25, 0.3) is 0 Å². The van der Waals surface area contributed by atoms with Crippen molar-refractivity contribution in [3.8, 4) is 0 Å². The summed E-state index contributed by atoms with van der Waals surface area (Å²) in [4.78, 5) is 21.7. The highest BCUT2D eigenvalue weighted by Gasteiger charge is 2.35. The van der Waals surface area contributed by atoms with Crippen LogP contribution in [0.15, 0.2) is 30.6 Å². The van der Waals surface area contributed by atoms with Crippen molar-refractivity contribution in [3.05, 3.63) is 41.9 Å². The van der Waals surface area contributed by atoms with Gasteiger partial charge in [0.1, 0.15) is 5.82 Å². The zero-order valence-electron chi connectivity index (χ0n) is 16.0. The molecule has 7 heteroatoms. The van der Waals surface area contributed by atoms with Gasteiger partial charge >= 0.3 is 0 Å². The third kappa shape index (κ3) is 3.88. The molecule has 1 N–H and O–H groups in total. The van der Waals surface area contributed by atoms with E-state index in [-0.39, 0.29) is 11.9 Å². The number of carbonyl (C=O) groups is 1. The van der Waals surface area contributed by atoms with Crippen LogP contribution in [0.4, 0.5) is 5.82 Å². The topological polar surface area (TPSA) is 66.3 Å². The van der Waals surface area contributed by atoms with Crippen LogP contribution in [-0.2, 0) is 6.54 Å². The van der Waals surface area contributed by atoms with E-state index in [2.05, 4.69) is 39.3 Å². The largest absolute Gasteiger partial charge is 0.354 e. The van der Waals surface area contributed by atoms with E-state index in [1.807, 2.05) is 42.9 Å². The zero-order valence-corrected chi connectivity index (χ0v) is 16.0. The van der Waals surface area contributed by atoms with Crippen molar-refractivity contribution >= 4 is 11.7 Å². The quantitative estimate of drug-likeness (QED) is 0.848. The Morgan fingerprint density at radius 1 is 1.35 bits per heavy atom. The van der Waals surface area contributed by atoms with Gasteiger partial charge in [0.15, 0.2) is 0 Å². The van der Waals surface area contributed by atoms with Gasteiger partial charge in [0.2, 0.25) is 0 Å². The predicted molar refractivity (Wildman–Crippen MR) is 102 cm³/mol. The van der Waals surface area contributed by atoms with E-state index in [0.717, 1.165) is 37.7 Å². The first-order chi connectivity index (χ1) is 12.5. The Morgan fingerprint density at radius 3 is 2.77 bits per heavy atom. The molecule has 1 amide bonds. The molecule has 1 aliphatic heterocycles. The number of hydrogen-bond donors (Lipinski definition) is 1. The van der Waals surface area contributed by atoms with Crippen LogP contribution in [0.1, 0.15) is 23.0 Å². The minimum Gasteiger partial charge on any atom is -0.354 e. The fourth-order valence-corrected chi connectivity index (χ4v) is 3.65. The molecular weight excluding hydrogens is 328 g/mol. The van der Waals surface area contributed by atoms with Crippen molar-refractivity contribution in [2.24, 2.45) is 5.92 Å². The summed E-state index contributed by atoms with van der Waals surface area (Å²) in [6, 6.07) is 6.02. The number of hydrogen-bond acceptors (Lipinski definition) is 5. The van der Waals surface area contributed by atoms with Crippen molar-refractivity contribution in [2.75, 3.05) is 38.6 Å². The number of rotatable bonds is 6. The molecule has 0 radical (unpaired) electrons. The summed E-state index contributed by atoms with van der Waals surface area (Å²) in [6.45, 7) is 7.30. The molecule has 0 aliphatic carbocycles. The van der Waals surface area contributed by atoms with Crippen LogP contribution in [0.3, 0.4) is 0 Å². The van der Waals surface area contributed by atoms with E-state index in [4.69, 9.17) is 0 Å². The molecule has 0 spiro atoms. The average molecular weight is 356 g/mol.